The lowest BCUT2D eigenvalue weighted by Gasteiger charge is -2.09. The van der Waals surface area contributed by atoms with Gasteiger partial charge in [0.2, 0.25) is 0 Å². The molecule has 0 saturated carbocycles. The van der Waals surface area contributed by atoms with Gasteiger partial charge in [-0.3, -0.25) is 14.9 Å². The van der Waals surface area contributed by atoms with Gasteiger partial charge in [-0.1, -0.05) is 17.7 Å². The SMILES string of the molecule is Cc1ccc(Cl)cc1NC(=O)COC(=O)c1cc2cc([N+](=O)[O-])ccc2s1. The van der Waals surface area contributed by atoms with Crippen molar-refractivity contribution in [3.63, 3.8) is 0 Å². The van der Waals surface area contributed by atoms with Crippen molar-refractivity contribution in [2.75, 3.05) is 11.9 Å². The topological polar surface area (TPSA) is 98.5 Å². The molecule has 0 radical (unpaired) electrons. The number of nitrogens with one attached hydrogen (secondary N) is 1. The molecular formula is C18H13ClN2O5S. The number of amides is 1. The number of anilines is 1. The summed E-state index contributed by atoms with van der Waals surface area (Å²) in [5, 5.41) is 14.5. The van der Waals surface area contributed by atoms with Crippen LogP contribution in [0, 0.1) is 17.0 Å². The summed E-state index contributed by atoms with van der Waals surface area (Å²) in [4.78, 5) is 34.7. The standard InChI is InChI=1S/C18H13ClN2O5S/c1-10-2-3-12(19)8-14(10)20-17(22)9-26-18(23)16-7-11-6-13(21(24)25)4-5-15(11)27-16/h2-8H,9H2,1H3,(H,20,22). The zero-order valence-corrected chi connectivity index (χ0v) is 15.6. The van der Waals surface area contributed by atoms with Crippen LogP contribution in [0.2, 0.25) is 5.02 Å². The summed E-state index contributed by atoms with van der Waals surface area (Å²) in [6.07, 6.45) is 0. The Morgan fingerprint density at radius 2 is 2.00 bits per heavy atom. The number of hydrogen-bond donors (Lipinski definition) is 1. The van der Waals surface area contributed by atoms with E-state index in [4.69, 9.17) is 16.3 Å². The molecule has 0 fully saturated rings. The van der Waals surface area contributed by atoms with Crippen molar-refractivity contribution >= 4 is 56.3 Å². The number of non-ortho nitro benzene ring substituents is 1. The van der Waals surface area contributed by atoms with Gasteiger partial charge in [-0.2, -0.15) is 0 Å². The van der Waals surface area contributed by atoms with Gasteiger partial charge in [0.15, 0.2) is 6.61 Å². The molecule has 3 aromatic rings. The van der Waals surface area contributed by atoms with Crippen LogP contribution in [-0.4, -0.2) is 23.4 Å². The van der Waals surface area contributed by atoms with Crippen molar-refractivity contribution < 1.29 is 19.2 Å². The van der Waals surface area contributed by atoms with Gasteiger partial charge >= 0.3 is 5.97 Å². The molecule has 3 rings (SSSR count). The Morgan fingerprint density at radius 3 is 2.74 bits per heavy atom. The highest BCUT2D eigenvalue weighted by atomic mass is 35.5. The zero-order chi connectivity index (χ0) is 19.6. The summed E-state index contributed by atoms with van der Waals surface area (Å²) in [7, 11) is 0. The van der Waals surface area contributed by atoms with Crippen LogP contribution in [-0.2, 0) is 9.53 Å². The zero-order valence-electron chi connectivity index (χ0n) is 14.0. The largest absolute Gasteiger partial charge is 0.451 e. The molecule has 7 nitrogen and oxygen atoms in total. The van der Waals surface area contributed by atoms with E-state index in [1.807, 2.05) is 6.92 Å². The highest BCUT2D eigenvalue weighted by Gasteiger charge is 2.16. The summed E-state index contributed by atoms with van der Waals surface area (Å²) in [5.41, 5.74) is 1.30. The number of nitro groups is 1. The number of nitrogens with zero attached hydrogens (tertiary/aromatic N) is 1. The molecule has 1 heterocycles. The third-order valence-electron chi connectivity index (χ3n) is 3.72. The number of esters is 1. The Balaban J connectivity index is 1.65. The number of halogens is 1. The molecule has 0 unspecified atom stereocenters. The number of aryl methyl sites for hydroxylation is 1. The first-order valence-electron chi connectivity index (χ1n) is 7.74. The Kier molecular flexibility index (Phi) is 5.38. The minimum absolute atomic E-state index is 0.0588. The van der Waals surface area contributed by atoms with Gasteiger partial charge in [-0.15, -0.1) is 11.3 Å². The quantitative estimate of drug-likeness (QED) is 0.381. The first-order chi connectivity index (χ1) is 12.8. The molecule has 1 N–H and O–H groups in total. The van der Waals surface area contributed by atoms with Crippen LogP contribution in [0.25, 0.3) is 10.1 Å². The van der Waals surface area contributed by atoms with E-state index in [9.17, 15) is 19.7 Å². The molecule has 0 aliphatic carbocycles. The number of hydrogen-bond acceptors (Lipinski definition) is 6. The lowest BCUT2D eigenvalue weighted by atomic mass is 10.2. The summed E-state index contributed by atoms with van der Waals surface area (Å²) in [6, 6.07) is 10.9. The number of thiophene rings is 1. The molecule has 27 heavy (non-hydrogen) atoms. The minimum atomic E-state index is -0.670. The van der Waals surface area contributed by atoms with Gasteiger partial charge < -0.3 is 10.1 Å². The third-order valence-corrected chi connectivity index (χ3v) is 5.05. The molecule has 1 aromatic heterocycles. The van der Waals surface area contributed by atoms with E-state index in [1.165, 1.54) is 18.2 Å². The van der Waals surface area contributed by atoms with Gasteiger partial charge in [-0.05, 0) is 36.8 Å². The highest BCUT2D eigenvalue weighted by Crippen LogP contribution is 2.29. The Hall–Kier alpha value is -2.97. The van der Waals surface area contributed by atoms with Crippen LogP contribution < -0.4 is 5.32 Å². The number of nitro benzene ring substituents is 1. The first-order valence-corrected chi connectivity index (χ1v) is 8.94. The fourth-order valence-electron chi connectivity index (χ4n) is 2.36. The molecule has 0 aliphatic heterocycles. The summed E-state index contributed by atoms with van der Waals surface area (Å²) in [6.45, 7) is 1.35. The van der Waals surface area contributed by atoms with E-state index < -0.39 is 23.4 Å². The average Bonchev–Trinajstić information content (AvgIpc) is 3.06. The molecule has 0 aliphatic rings. The van der Waals surface area contributed by atoms with Crippen LogP contribution in [0.15, 0.2) is 42.5 Å². The molecule has 2 aromatic carbocycles. The summed E-state index contributed by atoms with van der Waals surface area (Å²) < 4.78 is 5.75. The maximum absolute atomic E-state index is 12.2. The number of benzene rings is 2. The lowest BCUT2D eigenvalue weighted by Crippen LogP contribution is -2.21. The maximum atomic E-state index is 12.2. The van der Waals surface area contributed by atoms with E-state index in [2.05, 4.69) is 5.32 Å². The number of ether oxygens (including phenoxy) is 1. The van der Waals surface area contributed by atoms with E-state index in [0.717, 1.165) is 16.9 Å². The van der Waals surface area contributed by atoms with Crippen molar-refractivity contribution in [1.29, 1.82) is 0 Å². The smallest absolute Gasteiger partial charge is 0.348 e. The second-order valence-corrected chi connectivity index (χ2v) is 7.19. The average molecular weight is 405 g/mol. The van der Waals surface area contributed by atoms with E-state index in [0.29, 0.717) is 20.8 Å². The van der Waals surface area contributed by atoms with Gasteiger partial charge in [0.05, 0.1) is 4.92 Å². The van der Waals surface area contributed by atoms with Crippen molar-refractivity contribution in [1.82, 2.24) is 0 Å². The van der Waals surface area contributed by atoms with E-state index in [-0.39, 0.29) is 10.6 Å². The Bertz CT molecular complexity index is 1060. The van der Waals surface area contributed by atoms with Gasteiger partial charge in [0.25, 0.3) is 11.6 Å². The fourth-order valence-corrected chi connectivity index (χ4v) is 3.47. The van der Waals surface area contributed by atoms with Crippen molar-refractivity contribution in [2.24, 2.45) is 0 Å². The second-order valence-electron chi connectivity index (χ2n) is 5.67. The van der Waals surface area contributed by atoms with Crippen LogP contribution in [0.1, 0.15) is 15.2 Å². The molecule has 1 amide bonds. The summed E-state index contributed by atoms with van der Waals surface area (Å²) >= 11 is 7.04. The van der Waals surface area contributed by atoms with Gasteiger partial charge in [0.1, 0.15) is 4.88 Å². The fraction of sp³-hybridized carbons (Fsp3) is 0.111. The van der Waals surface area contributed by atoms with Gasteiger partial charge in [-0.25, -0.2) is 4.79 Å². The number of carbonyl (C=O) groups is 2. The number of fused-ring (bicyclic) bond motifs is 1. The minimum Gasteiger partial charge on any atom is -0.451 e. The lowest BCUT2D eigenvalue weighted by molar-refractivity contribution is -0.384. The van der Waals surface area contributed by atoms with E-state index in [1.54, 1.807) is 24.3 Å². The predicted octanol–water partition coefficient (Wildman–Crippen LogP) is 4.57. The highest BCUT2D eigenvalue weighted by molar-refractivity contribution is 7.20. The van der Waals surface area contributed by atoms with Crippen LogP contribution in [0.5, 0.6) is 0 Å². The molecule has 138 valence electrons. The second kappa shape index (κ2) is 7.73. The first kappa shape index (κ1) is 18.8. The van der Waals surface area contributed by atoms with Crippen molar-refractivity contribution in [2.45, 2.75) is 6.92 Å². The Morgan fingerprint density at radius 1 is 1.22 bits per heavy atom. The molecule has 9 heteroatoms. The van der Waals surface area contributed by atoms with Crippen LogP contribution in [0.4, 0.5) is 11.4 Å². The Labute approximate surface area is 162 Å². The van der Waals surface area contributed by atoms with Gasteiger partial charge in [0, 0.05) is 32.9 Å². The van der Waals surface area contributed by atoms with Crippen molar-refractivity contribution in [3.8, 4) is 0 Å². The molecule has 0 atom stereocenters. The molecule has 0 saturated heterocycles. The summed E-state index contributed by atoms with van der Waals surface area (Å²) in [5.74, 6) is -1.16. The molecule has 0 bridgehead atoms. The van der Waals surface area contributed by atoms with E-state index >= 15 is 0 Å². The van der Waals surface area contributed by atoms with Crippen molar-refractivity contribution in [3.05, 3.63) is 68.0 Å². The number of carbonyl (C=O) groups excluding carboxylic acids is 2. The predicted molar refractivity (Wildman–Crippen MR) is 104 cm³/mol. The maximum Gasteiger partial charge on any atom is 0.348 e. The molecule has 0 spiro atoms. The third kappa shape index (κ3) is 4.42. The van der Waals surface area contributed by atoms with Crippen LogP contribution in [0.3, 0.4) is 0 Å². The molecular weight excluding hydrogens is 392 g/mol. The number of rotatable bonds is 5. The monoisotopic (exact) mass is 404 g/mol. The van der Waals surface area contributed by atoms with Crippen LogP contribution >= 0.6 is 22.9 Å². The normalized spacial score (nSPS) is 10.6.